The van der Waals surface area contributed by atoms with Gasteiger partial charge >= 0.3 is 5.97 Å². The number of oxime groups is 1. The maximum atomic E-state index is 11.4. The first-order chi connectivity index (χ1) is 13.0. The van der Waals surface area contributed by atoms with E-state index in [1.165, 1.54) is 0 Å². The van der Waals surface area contributed by atoms with Crippen molar-refractivity contribution in [2.75, 3.05) is 26.2 Å². The van der Waals surface area contributed by atoms with Crippen molar-refractivity contribution in [1.29, 1.82) is 0 Å². The number of hydrogen-bond acceptors (Lipinski definition) is 6. The van der Waals surface area contributed by atoms with Crippen molar-refractivity contribution >= 4 is 23.3 Å². The summed E-state index contributed by atoms with van der Waals surface area (Å²) in [6.07, 6.45) is 2.67. The highest BCUT2D eigenvalue weighted by Crippen LogP contribution is 2.19. The fourth-order valence-electron chi connectivity index (χ4n) is 2.85. The Morgan fingerprint density at radius 2 is 2.26 bits per heavy atom. The molecule has 0 unspecified atom stereocenters. The Morgan fingerprint density at radius 1 is 1.52 bits per heavy atom. The molecule has 0 saturated heterocycles. The number of rotatable bonds is 11. The third-order valence-corrected chi connectivity index (χ3v) is 4.37. The minimum atomic E-state index is -0.760. The maximum Gasteiger partial charge on any atom is 0.305 e. The molecule has 0 amide bonds. The van der Waals surface area contributed by atoms with Gasteiger partial charge in [-0.3, -0.25) is 9.69 Å². The standard InChI is InChI=1S/C20H27ClN2O4/c1-3-5-20(25)26-14-17(24)12-23(10-4-2)13-18-11-19(22-27-18)15-6-8-16(21)9-7-15/h4,6-9,17-18,24H,2-3,5,10-14H2,1H3/t17-,18-/m0/s1. The van der Waals surface area contributed by atoms with Crippen LogP contribution in [0.4, 0.5) is 0 Å². The van der Waals surface area contributed by atoms with Crippen LogP contribution < -0.4 is 0 Å². The van der Waals surface area contributed by atoms with E-state index in [2.05, 4.69) is 11.7 Å². The number of benzene rings is 1. The molecule has 0 bridgehead atoms. The van der Waals surface area contributed by atoms with Gasteiger partial charge in [-0.1, -0.05) is 41.9 Å². The summed E-state index contributed by atoms with van der Waals surface area (Å²) in [5, 5.41) is 15.0. The highest BCUT2D eigenvalue weighted by Gasteiger charge is 2.25. The molecular formula is C20H27ClN2O4. The molecule has 0 radical (unpaired) electrons. The van der Waals surface area contributed by atoms with Gasteiger partial charge in [0.2, 0.25) is 0 Å². The quantitative estimate of drug-likeness (QED) is 0.461. The predicted octanol–water partition coefficient (Wildman–Crippen LogP) is 3.03. The zero-order valence-electron chi connectivity index (χ0n) is 15.6. The summed E-state index contributed by atoms with van der Waals surface area (Å²) >= 11 is 5.92. The van der Waals surface area contributed by atoms with Gasteiger partial charge in [-0.2, -0.15) is 0 Å². The first-order valence-corrected chi connectivity index (χ1v) is 9.55. The highest BCUT2D eigenvalue weighted by molar-refractivity contribution is 6.30. The average Bonchev–Trinajstić information content (AvgIpc) is 3.09. The normalized spacial score (nSPS) is 17.3. The van der Waals surface area contributed by atoms with Crippen molar-refractivity contribution in [1.82, 2.24) is 4.90 Å². The Bertz CT molecular complexity index is 648. The Balaban J connectivity index is 1.81. The Morgan fingerprint density at radius 3 is 2.93 bits per heavy atom. The van der Waals surface area contributed by atoms with Gasteiger partial charge in [-0.05, 0) is 24.1 Å². The van der Waals surface area contributed by atoms with Crippen molar-refractivity contribution in [3.05, 3.63) is 47.5 Å². The predicted molar refractivity (Wildman–Crippen MR) is 106 cm³/mol. The lowest BCUT2D eigenvalue weighted by molar-refractivity contribution is -0.147. The molecule has 1 aromatic carbocycles. The summed E-state index contributed by atoms with van der Waals surface area (Å²) < 4.78 is 5.07. The molecule has 1 aliphatic heterocycles. The minimum Gasteiger partial charge on any atom is -0.463 e. The van der Waals surface area contributed by atoms with Gasteiger partial charge in [0, 0.05) is 37.5 Å². The number of ether oxygens (including phenoxy) is 1. The Hall–Kier alpha value is -1.89. The van der Waals surface area contributed by atoms with Gasteiger partial charge in [0.05, 0.1) is 5.71 Å². The van der Waals surface area contributed by atoms with Crippen LogP contribution in [0.15, 0.2) is 42.1 Å². The smallest absolute Gasteiger partial charge is 0.305 e. The summed E-state index contributed by atoms with van der Waals surface area (Å²) in [7, 11) is 0. The second-order valence-electron chi connectivity index (χ2n) is 6.57. The van der Waals surface area contributed by atoms with E-state index in [0.29, 0.717) is 37.5 Å². The molecule has 2 atom stereocenters. The second kappa shape index (κ2) is 11.1. The van der Waals surface area contributed by atoms with E-state index < -0.39 is 6.10 Å². The van der Waals surface area contributed by atoms with E-state index in [1.54, 1.807) is 6.08 Å². The molecule has 2 rings (SSSR count). The average molecular weight is 395 g/mol. The summed E-state index contributed by atoms with van der Waals surface area (Å²) in [4.78, 5) is 19.0. The van der Waals surface area contributed by atoms with Crippen LogP contribution >= 0.6 is 11.6 Å². The highest BCUT2D eigenvalue weighted by atomic mass is 35.5. The zero-order valence-corrected chi connectivity index (χ0v) is 16.4. The van der Waals surface area contributed by atoms with Crippen LogP contribution in [0.5, 0.6) is 0 Å². The topological polar surface area (TPSA) is 71.4 Å². The van der Waals surface area contributed by atoms with Crippen molar-refractivity contribution < 1.29 is 19.5 Å². The van der Waals surface area contributed by atoms with Crippen LogP contribution in [0.1, 0.15) is 31.7 Å². The number of halogens is 1. The number of nitrogens with zero attached hydrogens (tertiary/aromatic N) is 2. The molecule has 0 aliphatic carbocycles. The van der Waals surface area contributed by atoms with Gasteiger partial charge in [0.1, 0.15) is 18.8 Å². The van der Waals surface area contributed by atoms with Gasteiger partial charge in [-0.15, -0.1) is 6.58 Å². The monoisotopic (exact) mass is 394 g/mol. The van der Waals surface area contributed by atoms with Crippen LogP contribution in [0.3, 0.4) is 0 Å². The molecule has 0 fully saturated rings. The molecule has 0 aromatic heterocycles. The minimum absolute atomic E-state index is 0.00940. The third-order valence-electron chi connectivity index (χ3n) is 4.12. The van der Waals surface area contributed by atoms with Crippen molar-refractivity contribution in [2.24, 2.45) is 5.16 Å². The van der Waals surface area contributed by atoms with Crippen LogP contribution in [-0.4, -0.2) is 60.1 Å². The number of carbonyl (C=O) groups is 1. The molecule has 27 heavy (non-hydrogen) atoms. The molecule has 1 heterocycles. The second-order valence-corrected chi connectivity index (χ2v) is 7.01. The number of aliphatic hydroxyl groups is 1. The largest absolute Gasteiger partial charge is 0.463 e. The lowest BCUT2D eigenvalue weighted by Gasteiger charge is -2.25. The fourth-order valence-corrected chi connectivity index (χ4v) is 2.98. The lowest BCUT2D eigenvalue weighted by atomic mass is 10.0. The van der Waals surface area contributed by atoms with Crippen LogP contribution in [-0.2, 0) is 14.4 Å². The molecule has 7 heteroatoms. The van der Waals surface area contributed by atoms with Gasteiger partial charge in [0.15, 0.2) is 0 Å². The molecule has 1 aliphatic rings. The molecule has 0 saturated carbocycles. The van der Waals surface area contributed by atoms with Crippen LogP contribution in [0, 0.1) is 0 Å². The lowest BCUT2D eigenvalue weighted by Crippen LogP contribution is -2.40. The molecule has 6 nitrogen and oxygen atoms in total. The maximum absolute atomic E-state index is 11.4. The number of carbonyl (C=O) groups excluding carboxylic acids is 1. The van der Waals surface area contributed by atoms with Crippen LogP contribution in [0.2, 0.25) is 5.02 Å². The number of aliphatic hydroxyl groups excluding tert-OH is 1. The van der Waals surface area contributed by atoms with E-state index in [1.807, 2.05) is 36.1 Å². The third kappa shape index (κ3) is 7.33. The first kappa shape index (κ1) is 21.4. The van der Waals surface area contributed by atoms with E-state index in [-0.39, 0.29) is 18.7 Å². The van der Waals surface area contributed by atoms with Gasteiger partial charge < -0.3 is 14.7 Å². The molecule has 1 N–H and O–H groups in total. The van der Waals surface area contributed by atoms with E-state index in [9.17, 15) is 9.90 Å². The van der Waals surface area contributed by atoms with Crippen molar-refractivity contribution in [3.8, 4) is 0 Å². The Kier molecular flexibility index (Phi) is 8.78. The van der Waals surface area contributed by atoms with E-state index >= 15 is 0 Å². The summed E-state index contributed by atoms with van der Waals surface area (Å²) in [5.74, 6) is -0.285. The van der Waals surface area contributed by atoms with Crippen molar-refractivity contribution in [2.45, 2.75) is 38.4 Å². The number of esters is 1. The van der Waals surface area contributed by atoms with Crippen molar-refractivity contribution in [3.63, 3.8) is 0 Å². The van der Waals surface area contributed by atoms with Crippen LogP contribution in [0.25, 0.3) is 0 Å². The molecular weight excluding hydrogens is 368 g/mol. The summed E-state index contributed by atoms with van der Waals surface area (Å²) in [6, 6.07) is 7.49. The molecule has 148 valence electrons. The summed E-state index contributed by atoms with van der Waals surface area (Å²) in [6.45, 7) is 7.21. The molecule has 0 spiro atoms. The number of hydrogen-bond donors (Lipinski definition) is 1. The SMILES string of the molecule is C=CCN(C[C@H](O)COC(=O)CCC)C[C@@H]1CC(c2ccc(Cl)cc2)=NO1. The van der Waals surface area contributed by atoms with E-state index in [4.69, 9.17) is 21.2 Å². The summed E-state index contributed by atoms with van der Waals surface area (Å²) in [5.41, 5.74) is 1.87. The molecule has 1 aromatic rings. The fraction of sp³-hybridized carbons (Fsp3) is 0.500. The Labute approximate surface area is 165 Å². The zero-order chi connectivity index (χ0) is 19.6. The van der Waals surface area contributed by atoms with Gasteiger partial charge in [-0.25, -0.2) is 0 Å². The first-order valence-electron chi connectivity index (χ1n) is 9.17. The van der Waals surface area contributed by atoms with E-state index in [0.717, 1.165) is 17.7 Å². The van der Waals surface area contributed by atoms with Gasteiger partial charge in [0.25, 0.3) is 0 Å².